The minimum atomic E-state index is -0.273. The van der Waals surface area contributed by atoms with Gasteiger partial charge in [-0.05, 0) is 24.6 Å². The third kappa shape index (κ3) is 2.46. The maximum Gasteiger partial charge on any atom is 0.0995 e. The lowest BCUT2D eigenvalue weighted by Crippen LogP contribution is -2.25. The predicted molar refractivity (Wildman–Crippen MR) is 59.6 cm³/mol. The van der Waals surface area contributed by atoms with Crippen molar-refractivity contribution in [2.24, 2.45) is 0 Å². The molecule has 0 amide bonds. The summed E-state index contributed by atoms with van der Waals surface area (Å²) in [7, 11) is 1.70. The fourth-order valence-electron chi connectivity index (χ4n) is 1.05. The number of alkyl halides is 1. The van der Waals surface area contributed by atoms with Crippen LogP contribution in [-0.4, -0.2) is 12.4 Å². The Morgan fingerprint density at radius 2 is 1.92 bits per heavy atom. The fourth-order valence-corrected chi connectivity index (χ4v) is 1.73. The van der Waals surface area contributed by atoms with E-state index in [0.717, 1.165) is 15.9 Å². The van der Waals surface area contributed by atoms with Crippen molar-refractivity contribution in [2.45, 2.75) is 12.5 Å². The fraction of sp³-hybridized carbons (Fsp3) is 0.400. The third-order valence-corrected chi connectivity index (χ3v) is 3.48. The Morgan fingerprint density at radius 3 is 2.31 bits per heavy atom. The smallest absolute Gasteiger partial charge is 0.0995 e. The highest BCUT2D eigenvalue weighted by atomic mass is 79.9. The van der Waals surface area contributed by atoms with Gasteiger partial charge in [-0.3, -0.25) is 0 Å². The molecule has 0 aliphatic carbocycles. The van der Waals surface area contributed by atoms with Crippen molar-refractivity contribution in [1.29, 1.82) is 0 Å². The normalized spacial score (nSPS) is 15.4. The van der Waals surface area contributed by atoms with Crippen molar-refractivity contribution in [3.63, 3.8) is 0 Å². The van der Waals surface area contributed by atoms with Gasteiger partial charge in [-0.15, -0.1) is 0 Å². The number of halogens is 2. The van der Waals surface area contributed by atoms with Gasteiger partial charge in [0.15, 0.2) is 0 Å². The standard InChI is InChI=1S/C10H12BrClO/c1-10(7-11,13-2)8-3-5-9(12)6-4-8/h3-6H,7H2,1-2H3. The molecule has 1 unspecified atom stereocenters. The quantitative estimate of drug-likeness (QED) is 0.757. The van der Waals surface area contributed by atoms with Crippen LogP contribution >= 0.6 is 27.5 Å². The van der Waals surface area contributed by atoms with Crippen LogP contribution in [0.1, 0.15) is 12.5 Å². The van der Waals surface area contributed by atoms with Crippen LogP contribution < -0.4 is 0 Å². The van der Waals surface area contributed by atoms with Gasteiger partial charge in [0.25, 0.3) is 0 Å². The van der Waals surface area contributed by atoms with Gasteiger partial charge in [0.1, 0.15) is 0 Å². The molecule has 1 rings (SSSR count). The second kappa shape index (κ2) is 4.45. The molecule has 0 fully saturated rings. The summed E-state index contributed by atoms with van der Waals surface area (Å²) in [6, 6.07) is 7.70. The van der Waals surface area contributed by atoms with Gasteiger partial charge in [-0.2, -0.15) is 0 Å². The summed E-state index contributed by atoms with van der Waals surface area (Å²) in [6.45, 7) is 2.03. The third-order valence-electron chi connectivity index (χ3n) is 2.16. The first-order valence-electron chi connectivity index (χ1n) is 3.99. The summed E-state index contributed by atoms with van der Waals surface area (Å²) in [6.07, 6.45) is 0. The molecule has 0 saturated heterocycles. The topological polar surface area (TPSA) is 9.23 Å². The van der Waals surface area contributed by atoms with E-state index < -0.39 is 0 Å². The highest BCUT2D eigenvalue weighted by Gasteiger charge is 2.24. The number of rotatable bonds is 3. The molecule has 1 nitrogen and oxygen atoms in total. The van der Waals surface area contributed by atoms with Crippen molar-refractivity contribution in [3.05, 3.63) is 34.9 Å². The van der Waals surface area contributed by atoms with Crippen molar-refractivity contribution in [3.8, 4) is 0 Å². The molecule has 1 aromatic rings. The minimum Gasteiger partial charge on any atom is -0.373 e. The first-order valence-corrected chi connectivity index (χ1v) is 5.49. The van der Waals surface area contributed by atoms with Crippen molar-refractivity contribution in [2.75, 3.05) is 12.4 Å². The molecule has 0 spiro atoms. The van der Waals surface area contributed by atoms with Gasteiger partial charge in [-0.25, -0.2) is 0 Å². The number of hydrogen-bond donors (Lipinski definition) is 0. The van der Waals surface area contributed by atoms with E-state index in [-0.39, 0.29) is 5.60 Å². The Hall–Kier alpha value is -0.0500. The van der Waals surface area contributed by atoms with E-state index in [2.05, 4.69) is 15.9 Å². The molecule has 0 aromatic heterocycles. The number of ether oxygens (including phenoxy) is 1. The highest BCUT2D eigenvalue weighted by molar-refractivity contribution is 9.09. The Kier molecular flexibility index (Phi) is 3.77. The molecule has 0 aliphatic heterocycles. The van der Waals surface area contributed by atoms with Gasteiger partial charge in [-0.1, -0.05) is 39.7 Å². The second-order valence-corrected chi connectivity index (χ2v) is 4.07. The first-order chi connectivity index (χ1) is 6.12. The molecule has 0 saturated carbocycles. The molecular formula is C10H12BrClO. The van der Waals surface area contributed by atoms with Gasteiger partial charge < -0.3 is 4.74 Å². The Bertz CT molecular complexity index is 267. The molecule has 0 radical (unpaired) electrons. The Morgan fingerprint density at radius 1 is 1.38 bits per heavy atom. The Labute approximate surface area is 92.2 Å². The average molecular weight is 264 g/mol. The lowest BCUT2D eigenvalue weighted by Gasteiger charge is -2.26. The minimum absolute atomic E-state index is 0.273. The molecule has 0 heterocycles. The summed E-state index contributed by atoms with van der Waals surface area (Å²) in [5.74, 6) is 0. The van der Waals surface area contributed by atoms with Crippen LogP contribution in [0.4, 0.5) is 0 Å². The van der Waals surface area contributed by atoms with E-state index >= 15 is 0 Å². The number of methoxy groups -OCH3 is 1. The van der Waals surface area contributed by atoms with Crippen LogP contribution in [0.2, 0.25) is 5.02 Å². The molecule has 3 heteroatoms. The van der Waals surface area contributed by atoms with Crippen molar-refractivity contribution < 1.29 is 4.74 Å². The van der Waals surface area contributed by atoms with E-state index in [4.69, 9.17) is 16.3 Å². The lowest BCUT2D eigenvalue weighted by molar-refractivity contribution is 0.0248. The van der Waals surface area contributed by atoms with Crippen LogP contribution in [-0.2, 0) is 10.3 Å². The van der Waals surface area contributed by atoms with Crippen LogP contribution in [0.25, 0.3) is 0 Å². The van der Waals surface area contributed by atoms with Crippen molar-refractivity contribution in [1.82, 2.24) is 0 Å². The van der Waals surface area contributed by atoms with E-state index in [1.54, 1.807) is 7.11 Å². The first kappa shape index (κ1) is 11.0. The summed E-state index contributed by atoms with van der Waals surface area (Å²) < 4.78 is 5.42. The van der Waals surface area contributed by atoms with E-state index in [0.29, 0.717) is 0 Å². The van der Waals surface area contributed by atoms with Gasteiger partial charge in [0.2, 0.25) is 0 Å². The maximum atomic E-state index is 5.80. The van der Waals surface area contributed by atoms with Gasteiger partial charge in [0, 0.05) is 17.5 Å². The van der Waals surface area contributed by atoms with E-state index in [9.17, 15) is 0 Å². The molecule has 0 N–H and O–H groups in total. The largest absolute Gasteiger partial charge is 0.373 e. The molecule has 1 aromatic carbocycles. The highest BCUT2D eigenvalue weighted by Crippen LogP contribution is 2.27. The molecular weight excluding hydrogens is 251 g/mol. The van der Waals surface area contributed by atoms with Crippen LogP contribution in [0.15, 0.2) is 24.3 Å². The Balaban J connectivity index is 2.99. The lowest BCUT2D eigenvalue weighted by atomic mass is 9.98. The molecule has 72 valence electrons. The summed E-state index contributed by atoms with van der Waals surface area (Å²) in [5.41, 5.74) is 0.848. The zero-order valence-corrected chi connectivity index (χ0v) is 10.0. The van der Waals surface area contributed by atoms with Gasteiger partial charge in [0.05, 0.1) is 5.60 Å². The zero-order valence-electron chi connectivity index (χ0n) is 7.68. The van der Waals surface area contributed by atoms with Crippen LogP contribution in [0.5, 0.6) is 0 Å². The van der Waals surface area contributed by atoms with Crippen LogP contribution in [0.3, 0.4) is 0 Å². The molecule has 13 heavy (non-hydrogen) atoms. The van der Waals surface area contributed by atoms with E-state index in [1.807, 2.05) is 31.2 Å². The maximum absolute atomic E-state index is 5.80. The molecule has 1 atom stereocenters. The predicted octanol–water partition coefficient (Wildman–Crippen LogP) is 3.60. The summed E-state index contributed by atoms with van der Waals surface area (Å²) in [5, 5.41) is 1.51. The van der Waals surface area contributed by atoms with Crippen molar-refractivity contribution >= 4 is 27.5 Å². The summed E-state index contributed by atoms with van der Waals surface area (Å²) in [4.78, 5) is 0. The number of benzene rings is 1. The summed E-state index contributed by atoms with van der Waals surface area (Å²) >= 11 is 9.22. The SMILES string of the molecule is COC(C)(CBr)c1ccc(Cl)cc1. The number of hydrogen-bond acceptors (Lipinski definition) is 1. The van der Waals surface area contributed by atoms with Crippen LogP contribution in [0, 0.1) is 0 Å². The van der Waals surface area contributed by atoms with Gasteiger partial charge >= 0.3 is 0 Å². The van der Waals surface area contributed by atoms with E-state index in [1.165, 1.54) is 0 Å². The molecule has 0 aliphatic rings. The monoisotopic (exact) mass is 262 g/mol. The second-order valence-electron chi connectivity index (χ2n) is 3.08. The zero-order chi connectivity index (χ0) is 9.90. The average Bonchev–Trinajstić information content (AvgIpc) is 2.18. The molecule has 0 bridgehead atoms.